The van der Waals surface area contributed by atoms with Crippen LogP contribution in [0.2, 0.25) is 0 Å². The van der Waals surface area contributed by atoms with E-state index in [4.69, 9.17) is 9.73 Å². The first-order valence-corrected chi connectivity index (χ1v) is 9.77. The number of halogens is 1. The maximum absolute atomic E-state index is 5.73. The summed E-state index contributed by atoms with van der Waals surface area (Å²) < 4.78 is 5.73. The third-order valence-electron chi connectivity index (χ3n) is 4.59. The van der Waals surface area contributed by atoms with E-state index in [1.165, 1.54) is 12.8 Å². The van der Waals surface area contributed by atoms with Gasteiger partial charge in [-0.3, -0.25) is 4.99 Å². The quantitative estimate of drug-likeness (QED) is 0.234. The van der Waals surface area contributed by atoms with Crippen molar-refractivity contribution in [2.24, 2.45) is 10.9 Å². The lowest BCUT2D eigenvalue weighted by Crippen LogP contribution is -2.40. The summed E-state index contributed by atoms with van der Waals surface area (Å²) in [6, 6.07) is 8.15. The van der Waals surface area contributed by atoms with Gasteiger partial charge >= 0.3 is 0 Å². The number of hydrogen-bond donors (Lipinski definition) is 2. The molecule has 1 heterocycles. The Bertz CT molecular complexity index is 680. The standard InChI is InChI=1S/C20H31N5O.HI/c1-3-21-20(25(2)13-14-26-15-16-10-11-16)22-12-6-9-19-23-17-7-4-5-8-18(17)24-19;/h4-5,7-8,16H,3,6,9-15H2,1-2H3,(H,21,22)(H,23,24);1H. The second-order valence-electron chi connectivity index (χ2n) is 6.98. The third kappa shape index (κ3) is 7.29. The van der Waals surface area contributed by atoms with Crippen molar-refractivity contribution in [3.8, 4) is 0 Å². The molecule has 1 saturated carbocycles. The van der Waals surface area contributed by atoms with E-state index in [0.29, 0.717) is 0 Å². The Labute approximate surface area is 179 Å². The van der Waals surface area contributed by atoms with Gasteiger partial charge in [0.2, 0.25) is 0 Å². The minimum Gasteiger partial charge on any atom is -0.379 e. The predicted octanol–water partition coefficient (Wildman–Crippen LogP) is 3.44. The van der Waals surface area contributed by atoms with Crippen molar-refractivity contribution in [3.63, 3.8) is 0 Å². The molecule has 27 heavy (non-hydrogen) atoms. The van der Waals surface area contributed by atoms with Crippen molar-refractivity contribution in [1.82, 2.24) is 20.2 Å². The molecule has 0 atom stereocenters. The molecule has 150 valence electrons. The number of nitrogens with one attached hydrogen (secondary N) is 2. The molecule has 1 aromatic carbocycles. The monoisotopic (exact) mass is 485 g/mol. The van der Waals surface area contributed by atoms with E-state index in [9.17, 15) is 0 Å². The first-order chi connectivity index (χ1) is 12.8. The summed E-state index contributed by atoms with van der Waals surface area (Å²) in [7, 11) is 2.07. The molecule has 2 aromatic rings. The molecular formula is C20H32IN5O. The summed E-state index contributed by atoms with van der Waals surface area (Å²) >= 11 is 0. The van der Waals surface area contributed by atoms with E-state index >= 15 is 0 Å². The Kier molecular flexibility index (Phi) is 9.33. The minimum absolute atomic E-state index is 0. The molecule has 0 saturated heterocycles. The van der Waals surface area contributed by atoms with Gasteiger partial charge in [0.15, 0.2) is 5.96 Å². The van der Waals surface area contributed by atoms with Gasteiger partial charge in [-0.1, -0.05) is 12.1 Å². The van der Waals surface area contributed by atoms with E-state index < -0.39 is 0 Å². The van der Waals surface area contributed by atoms with Crippen molar-refractivity contribution in [1.29, 1.82) is 0 Å². The van der Waals surface area contributed by atoms with Gasteiger partial charge in [0.05, 0.1) is 17.6 Å². The predicted molar refractivity (Wildman–Crippen MR) is 122 cm³/mol. The lowest BCUT2D eigenvalue weighted by atomic mass is 10.3. The number of imidazole rings is 1. The van der Waals surface area contributed by atoms with Gasteiger partial charge in [0, 0.05) is 39.7 Å². The highest BCUT2D eigenvalue weighted by Gasteiger charge is 2.21. The van der Waals surface area contributed by atoms with Crippen molar-refractivity contribution >= 4 is 41.0 Å². The molecule has 0 spiro atoms. The zero-order chi connectivity index (χ0) is 18.2. The maximum Gasteiger partial charge on any atom is 0.193 e. The maximum atomic E-state index is 5.73. The lowest BCUT2D eigenvalue weighted by molar-refractivity contribution is 0.115. The molecule has 6 nitrogen and oxygen atoms in total. The molecule has 1 aliphatic carbocycles. The van der Waals surface area contributed by atoms with Crippen LogP contribution in [-0.4, -0.2) is 60.7 Å². The van der Waals surface area contributed by atoms with Crippen LogP contribution < -0.4 is 5.32 Å². The van der Waals surface area contributed by atoms with Gasteiger partial charge < -0.3 is 19.9 Å². The molecule has 0 aliphatic heterocycles. The van der Waals surface area contributed by atoms with Crippen molar-refractivity contribution in [2.75, 3.05) is 39.9 Å². The Morgan fingerprint density at radius 3 is 2.93 bits per heavy atom. The highest BCUT2D eigenvalue weighted by atomic mass is 127. The highest BCUT2D eigenvalue weighted by Crippen LogP contribution is 2.28. The summed E-state index contributed by atoms with van der Waals surface area (Å²) in [6.07, 6.45) is 4.56. The van der Waals surface area contributed by atoms with Crippen LogP contribution in [0.3, 0.4) is 0 Å². The average Bonchev–Trinajstić information content (AvgIpc) is 3.38. The fraction of sp³-hybridized carbons (Fsp3) is 0.600. The molecule has 3 rings (SSSR count). The first-order valence-electron chi connectivity index (χ1n) is 9.77. The van der Waals surface area contributed by atoms with Crippen LogP contribution in [-0.2, 0) is 11.2 Å². The molecule has 0 radical (unpaired) electrons. The number of benzene rings is 1. The van der Waals surface area contributed by atoms with E-state index in [0.717, 1.165) is 74.4 Å². The van der Waals surface area contributed by atoms with Crippen LogP contribution in [0.4, 0.5) is 0 Å². The minimum atomic E-state index is 0. The van der Waals surface area contributed by atoms with E-state index in [1.54, 1.807) is 0 Å². The van der Waals surface area contributed by atoms with Crippen molar-refractivity contribution in [2.45, 2.75) is 32.6 Å². The lowest BCUT2D eigenvalue weighted by Gasteiger charge is -2.22. The Balaban J connectivity index is 0.00000261. The molecular weight excluding hydrogens is 453 g/mol. The zero-order valence-electron chi connectivity index (χ0n) is 16.4. The van der Waals surface area contributed by atoms with Gasteiger partial charge in [0.1, 0.15) is 5.82 Å². The number of H-pyrrole nitrogens is 1. The number of guanidine groups is 1. The smallest absolute Gasteiger partial charge is 0.193 e. The van der Waals surface area contributed by atoms with Crippen LogP contribution in [0.1, 0.15) is 32.0 Å². The summed E-state index contributed by atoms with van der Waals surface area (Å²) in [5, 5.41) is 3.36. The van der Waals surface area contributed by atoms with Crippen LogP contribution >= 0.6 is 24.0 Å². The molecule has 1 fully saturated rings. The second kappa shape index (κ2) is 11.5. The largest absolute Gasteiger partial charge is 0.379 e. The fourth-order valence-electron chi connectivity index (χ4n) is 2.87. The van der Waals surface area contributed by atoms with Crippen LogP contribution in [0, 0.1) is 5.92 Å². The number of aromatic nitrogens is 2. The summed E-state index contributed by atoms with van der Waals surface area (Å²) in [4.78, 5) is 14.9. The van der Waals surface area contributed by atoms with Crippen LogP contribution in [0.15, 0.2) is 29.3 Å². The van der Waals surface area contributed by atoms with Gasteiger partial charge in [-0.05, 0) is 44.2 Å². The van der Waals surface area contributed by atoms with Crippen molar-refractivity contribution in [3.05, 3.63) is 30.1 Å². The number of nitrogens with zero attached hydrogens (tertiary/aromatic N) is 3. The molecule has 2 N–H and O–H groups in total. The highest BCUT2D eigenvalue weighted by molar-refractivity contribution is 14.0. The number of aryl methyl sites for hydroxylation is 1. The molecule has 1 aromatic heterocycles. The van der Waals surface area contributed by atoms with Gasteiger partial charge in [-0.25, -0.2) is 4.98 Å². The number of aliphatic imine (C=N–C) groups is 1. The number of likely N-dealkylation sites (N-methyl/N-ethyl adjacent to an activating group) is 1. The number of hydrogen-bond acceptors (Lipinski definition) is 3. The Hall–Kier alpha value is -1.35. The number of ether oxygens (including phenoxy) is 1. The molecule has 0 amide bonds. The number of fused-ring (bicyclic) bond motifs is 1. The molecule has 1 aliphatic rings. The van der Waals surface area contributed by atoms with Crippen LogP contribution in [0.5, 0.6) is 0 Å². The topological polar surface area (TPSA) is 65.5 Å². The average molecular weight is 485 g/mol. The fourth-order valence-corrected chi connectivity index (χ4v) is 2.87. The normalized spacial score (nSPS) is 14.2. The molecule has 0 bridgehead atoms. The van der Waals surface area contributed by atoms with E-state index in [1.807, 2.05) is 18.2 Å². The number of para-hydroxylation sites is 2. The SMILES string of the molecule is CCNC(=NCCCc1nc2ccccc2[nH]1)N(C)CCOCC1CC1.I. The molecule has 7 heteroatoms. The summed E-state index contributed by atoms with van der Waals surface area (Å²) in [6.45, 7) is 6.29. The second-order valence-corrected chi connectivity index (χ2v) is 6.98. The first kappa shape index (κ1) is 21.9. The third-order valence-corrected chi connectivity index (χ3v) is 4.59. The van der Waals surface area contributed by atoms with E-state index in [-0.39, 0.29) is 24.0 Å². The number of rotatable bonds is 10. The van der Waals surface area contributed by atoms with Gasteiger partial charge in [0.25, 0.3) is 0 Å². The zero-order valence-corrected chi connectivity index (χ0v) is 18.7. The van der Waals surface area contributed by atoms with E-state index in [2.05, 4.69) is 40.2 Å². The Morgan fingerprint density at radius 1 is 1.37 bits per heavy atom. The summed E-state index contributed by atoms with van der Waals surface area (Å²) in [5.74, 6) is 2.81. The molecule has 0 unspecified atom stereocenters. The van der Waals surface area contributed by atoms with Crippen LogP contribution in [0.25, 0.3) is 11.0 Å². The summed E-state index contributed by atoms with van der Waals surface area (Å²) in [5.41, 5.74) is 2.13. The van der Waals surface area contributed by atoms with Gasteiger partial charge in [-0.15, -0.1) is 24.0 Å². The Morgan fingerprint density at radius 2 is 2.19 bits per heavy atom. The van der Waals surface area contributed by atoms with Crippen molar-refractivity contribution < 1.29 is 4.74 Å². The number of aromatic amines is 1. The van der Waals surface area contributed by atoms with Gasteiger partial charge in [-0.2, -0.15) is 0 Å².